The van der Waals surface area contributed by atoms with Crippen LogP contribution in [0.25, 0.3) is 15.9 Å². The first-order valence-corrected chi connectivity index (χ1v) is 10.1. The molecule has 0 fully saturated rings. The van der Waals surface area contributed by atoms with Crippen molar-refractivity contribution in [3.8, 4) is 5.69 Å². The summed E-state index contributed by atoms with van der Waals surface area (Å²) in [6.07, 6.45) is 0. The molecular weight excluding hydrogens is 392 g/mol. The number of hydrogen-bond acceptors (Lipinski definition) is 3. The third kappa shape index (κ3) is 3.11. The van der Waals surface area contributed by atoms with Gasteiger partial charge in [-0.1, -0.05) is 47.5 Å². The summed E-state index contributed by atoms with van der Waals surface area (Å²) in [6.45, 7) is 6.33. The number of aryl methyl sites for hydroxylation is 3. The van der Waals surface area contributed by atoms with Crippen LogP contribution in [0.5, 0.6) is 0 Å². The number of halogens is 1. The van der Waals surface area contributed by atoms with Crippen LogP contribution in [-0.4, -0.2) is 9.13 Å². The highest BCUT2D eigenvalue weighted by atomic mass is 35.5. The molecule has 4 nitrogen and oxygen atoms in total. The molecule has 0 atom stereocenters. The second kappa shape index (κ2) is 7.08. The van der Waals surface area contributed by atoms with Crippen molar-refractivity contribution < 1.29 is 0 Å². The van der Waals surface area contributed by atoms with E-state index in [1.807, 2.05) is 39.0 Å². The van der Waals surface area contributed by atoms with E-state index < -0.39 is 0 Å². The van der Waals surface area contributed by atoms with Gasteiger partial charge < -0.3 is 0 Å². The fraction of sp³-hybridized carbons (Fsp3) is 0.182. The molecule has 0 aliphatic heterocycles. The second-order valence-electron chi connectivity index (χ2n) is 6.94. The topological polar surface area (TPSA) is 44.0 Å². The Morgan fingerprint density at radius 3 is 2.46 bits per heavy atom. The van der Waals surface area contributed by atoms with Crippen LogP contribution in [0.4, 0.5) is 0 Å². The molecule has 0 unspecified atom stereocenters. The molecule has 6 heteroatoms. The Kier molecular flexibility index (Phi) is 4.73. The van der Waals surface area contributed by atoms with Gasteiger partial charge in [0.15, 0.2) is 0 Å². The van der Waals surface area contributed by atoms with E-state index in [-0.39, 0.29) is 11.2 Å². The smallest absolute Gasteiger partial charge is 0.280 e. The van der Waals surface area contributed by atoms with Crippen molar-refractivity contribution in [2.75, 3.05) is 0 Å². The molecule has 0 N–H and O–H groups in total. The van der Waals surface area contributed by atoms with Crippen LogP contribution in [0.1, 0.15) is 21.6 Å². The maximum absolute atomic E-state index is 13.4. The third-order valence-electron chi connectivity index (χ3n) is 4.94. The van der Waals surface area contributed by atoms with Gasteiger partial charge >= 0.3 is 5.69 Å². The standard InChI is InChI=1S/C22H19ClN2O2S/c1-13-6-4-7-16(10-13)12-24-21-19(14(2)15(3)28-21)20(26)25(22(24)27)18-9-5-8-17(23)11-18/h4-11H,12H2,1-3H3. The predicted molar refractivity (Wildman–Crippen MR) is 116 cm³/mol. The Hall–Kier alpha value is -2.63. The maximum Gasteiger partial charge on any atom is 0.337 e. The normalized spacial score (nSPS) is 11.3. The third-order valence-corrected chi connectivity index (χ3v) is 6.41. The van der Waals surface area contributed by atoms with Crippen LogP contribution < -0.4 is 11.2 Å². The van der Waals surface area contributed by atoms with Crippen LogP contribution in [0.15, 0.2) is 58.1 Å². The Balaban J connectivity index is 2.07. The SMILES string of the molecule is Cc1cccc(Cn2c(=O)n(-c3cccc(Cl)c3)c(=O)c3c(C)c(C)sc32)c1. The van der Waals surface area contributed by atoms with E-state index in [0.29, 0.717) is 27.5 Å². The summed E-state index contributed by atoms with van der Waals surface area (Å²) in [5.74, 6) is 0. The monoisotopic (exact) mass is 410 g/mol. The zero-order chi connectivity index (χ0) is 20.0. The van der Waals surface area contributed by atoms with Crippen LogP contribution in [0.2, 0.25) is 5.02 Å². The molecule has 2 aromatic carbocycles. The molecule has 0 aliphatic rings. The van der Waals surface area contributed by atoms with Gasteiger partial charge in [-0.15, -0.1) is 11.3 Å². The van der Waals surface area contributed by atoms with Gasteiger partial charge in [0.1, 0.15) is 4.83 Å². The molecule has 2 aromatic heterocycles. The minimum absolute atomic E-state index is 0.301. The summed E-state index contributed by atoms with van der Waals surface area (Å²) in [7, 11) is 0. The molecule has 0 bridgehead atoms. The molecule has 0 radical (unpaired) electrons. The van der Waals surface area contributed by atoms with Gasteiger partial charge in [-0.3, -0.25) is 9.36 Å². The molecule has 0 amide bonds. The fourth-order valence-electron chi connectivity index (χ4n) is 3.43. The zero-order valence-corrected chi connectivity index (χ0v) is 17.4. The maximum atomic E-state index is 13.4. The van der Waals surface area contributed by atoms with E-state index >= 15 is 0 Å². The number of rotatable bonds is 3. The molecule has 4 rings (SSSR count). The van der Waals surface area contributed by atoms with E-state index in [0.717, 1.165) is 21.6 Å². The number of nitrogens with zero attached hydrogens (tertiary/aromatic N) is 2. The number of hydrogen-bond donors (Lipinski definition) is 0. The highest BCUT2D eigenvalue weighted by Gasteiger charge is 2.19. The van der Waals surface area contributed by atoms with Crippen molar-refractivity contribution >= 4 is 33.2 Å². The van der Waals surface area contributed by atoms with Gasteiger partial charge in [-0.05, 0) is 50.1 Å². The first kappa shape index (κ1) is 18.7. The zero-order valence-electron chi connectivity index (χ0n) is 15.8. The Morgan fingerprint density at radius 1 is 1.00 bits per heavy atom. The van der Waals surface area contributed by atoms with Crippen molar-refractivity contribution in [2.24, 2.45) is 0 Å². The molecule has 0 aliphatic carbocycles. The van der Waals surface area contributed by atoms with Crippen molar-refractivity contribution in [2.45, 2.75) is 27.3 Å². The summed E-state index contributed by atoms with van der Waals surface area (Å²) in [4.78, 5) is 28.4. The number of benzene rings is 2. The van der Waals surface area contributed by atoms with E-state index in [2.05, 4.69) is 6.07 Å². The molecule has 142 valence electrons. The lowest BCUT2D eigenvalue weighted by Gasteiger charge is -2.13. The summed E-state index contributed by atoms with van der Waals surface area (Å²) in [5.41, 5.74) is 2.88. The Labute approximate surface area is 171 Å². The lowest BCUT2D eigenvalue weighted by molar-refractivity contribution is 0.719. The lowest BCUT2D eigenvalue weighted by Crippen LogP contribution is -2.38. The van der Waals surface area contributed by atoms with E-state index in [1.54, 1.807) is 28.8 Å². The van der Waals surface area contributed by atoms with Gasteiger partial charge in [0.25, 0.3) is 5.56 Å². The van der Waals surface area contributed by atoms with Crippen LogP contribution in [-0.2, 0) is 6.54 Å². The van der Waals surface area contributed by atoms with Crippen molar-refractivity contribution in [3.05, 3.63) is 96.0 Å². The Bertz CT molecular complexity index is 1330. The summed E-state index contributed by atoms with van der Waals surface area (Å²) in [6, 6.07) is 14.9. The lowest BCUT2D eigenvalue weighted by atomic mass is 10.1. The molecule has 2 heterocycles. The predicted octanol–water partition coefficient (Wildman–Crippen LogP) is 4.84. The van der Waals surface area contributed by atoms with Gasteiger partial charge in [0.05, 0.1) is 17.6 Å². The molecule has 4 aromatic rings. The van der Waals surface area contributed by atoms with Gasteiger partial charge in [0, 0.05) is 9.90 Å². The molecule has 0 saturated carbocycles. The van der Waals surface area contributed by atoms with E-state index in [4.69, 9.17) is 11.6 Å². The van der Waals surface area contributed by atoms with Crippen LogP contribution in [0.3, 0.4) is 0 Å². The second-order valence-corrected chi connectivity index (χ2v) is 8.58. The number of aromatic nitrogens is 2. The van der Waals surface area contributed by atoms with E-state index in [9.17, 15) is 9.59 Å². The summed E-state index contributed by atoms with van der Waals surface area (Å²) < 4.78 is 2.92. The minimum atomic E-state index is -0.359. The number of fused-ring (bicyclic) bond motifs is 1. The summed E-state index contributed by atoms with van der Waals surface area (Å²) in [5, 5.41) is 1.07. The van der Waals surface area contributed by atoms with E-state index in [1.165, 1.54) is 15.9 Å². The first-order chi connectivity index (χ1) is 13.4. The van der Waals surface area contributed by atoms with Crippen LogP contribution >= 0.6 is 22.9 Å². The average molecular weight is 411 g/mol. The van der Waals surface area contributed by atoms with Gasteiger partial charge in [-0.2, -0.15) is 0 Å². The highest BCUT2D eigenvalue weighted by Crippen LogP contribution is 2.27. The average Bonchev–Trinajstić information content (AvgIpc) is 2.94. The largest absolute Gasteiger partial charge is 0.337 e. The van der Waals surface area contributed by atoms with Gasteiger partial charge in [0.2, 0.25) is 0 Å². The summed E-state index contributed by atoms with van der Waals surface area (Å²) >= 11 is 7.61. The Morgan fingerprint density at radius 2 is 1.75 bits per heavy atom. The number of thiophene rings is 1. The molecular formula is C22H19ClN2O2S. The highest BCUT2D eigenvalue weighted by molar-refractivity contribution is 7.18. The minimum Gasteiger partial charge on any atom is -0.280 e. The van der Waals surface area contributed by atoms with Gasteiger partial charge in [-0.25, -0.2) is 9.36 Å². The van der Waals surface area contributed by atoms with Crippen molar-refractivity contribution in [1.29, 1.82) is 0 Å². The molecule has 28 heavy (non-hydrogen) atoms. The first-order valence-electron chi connectivity index (χ1n) is 8.94. The van der Waals surface area contributed by atoms with Crippen molar-refractivity contribution in [1.82, 2.24) is 9.13 Å². The fourth-order valence-corrected chi connectivity index (χ4v) is 4.76. The molecule has 0 spiro atoms. The van der Waals surface area contributed by atoms with Crippen molar-refractivity contribution in [3.63, 3.8) is 0 Å². The molecule has 0 saturated heterocycles. The van der Waals surface area contributed by atoms with Crippen LogP contribution in [0, 0.1) is 20.8 Å². The quantitative estimate of drug-likeness (QED) is 0.485.